The normalized spacial score (nSPS) is 21.6. The second kappa shape index (κ2) is 6.12. The van der Waals surface area contributed by atoms with Gasteiger partial charge in [0.05, 0.1) is 15.2 Å². The zero-order chi connectivity index (χ0) is 12.3. The standard InChI is InChI=1S/C13H18BrNOS/c1-2-10-5-3-4-8-15(10)9-11(16)12-6-7-13(14)17-12/h6-7,10H,2-5,8-9H2,1H3. The number of Topliss-reactive ketones (excluding diaryl/α,β-unsaturated/α-hetero) is 1. The molecular formula is C13H18BrNOS. The molecule has 0 N–H and O–H groups in total. The Morgan fingerprint density at radius 3 is 3.00 bits per heavy atom. The van der Waals surface area contributed by atoms with E-state index in [0.29, 0.717) is 12.6 Å². The second-order valence-corrected chi connectivity index (χ2v) is 7.02. The molecule has 94 valence electrons. The summed E-state index contributed by atoms with van der Waals surface area (Å²) in [5, 5.41) is 0. The Morgan fingerprint density at radius 1 is 1.53 bits per heavy atom. The molecule has 1 aromatic heterocycles. The molecule has 1 saturated heterocycles. The van der Waals surface area contributed by atoms with Crippen molar-refractivity contribution in [2.75, 3.05) is 13.1 Å². The summed E-state index contributed by atoms with van der Waals surface area (Å²) in [5.74, 6) is 0.265. The highest BCUT2D eigenvalue weighted by Gasteiger charge is 2.23. The first-order valence-corrected chi connectivity index (χ1v) is 7.84. The minimum absolute atomic E-state index is 0.265. The second-order valence-electron chi connectivity index (χ2n) is 4.56. The van der Waals surface area contributed by atoms with E-state index in [1.54, 1.807) is 0 Å². The molecule has 1 atom stereocenters. The summed E-state index contributed by atoms with van der Waals surface area (Å²) in [5.41, 5.74) is 0. The zero-order valence-corrected chi connectivity index (χ0v) is 12.5. The van der Waals surface area contributed by atoms with Gasteiger partial charge in [-0.05, 0) is 53.9 Å². The fourth-order valence-corrected chi connectivity index (χ4v) is 3.77. The van der Waals surface area contributed by atoms with E-state index in [-0.39, 0.29) is 5.78 Å². The molecule has 1 aliphatic rings. The van der Waals surface area contributed by atoms with Crippen LogP contribution >= 0.6 is 27.3 Å². The van der Waals surface area contributed by atoms with E-state index < -0.39 is 0 Å². The topological polar surface area (TPSA) is 20.3 Å². The fourth-order valence-electron chi connectivity index (χ4n) is 2.46. The van der Waals surface area contributed by atoms with Crippen LogP contribution in [-0.2, 0) is 0 Å². The Balaban J connectivity index is 1.97. The maximum atomic E-state index is 12.1. The molecule has 1 fully saturated rings. The van der Waals surface area contributed by atoms with Crippen molar-refractivity contribution in [2.45, 2.75) is 38.6 Å². The largest absolute Gasteiger partial charge is 0.293 e. The highest BCUT2D eigenvalue weighted by atomic mass is 79.9. The molecule has 0 amide bonds. The third-order valence-electron chi connectivity index (χ3n) is 3.42. The van der Waals surface area contributed by atoms with Gasteiger partial charge in [-0.25, -0.2) is 0 Å². The summed E-state index contributed by atoms with van der Waals surface area (Å²) < 4.78 is 1.03. The van der Waals surface area contributed by atoms with E-state index in [9.17, 15) is 4.79 Å². The molecule has 0 bridgehead atoms. The van der Waals surface area contributed by atoms with Gasteiger partial charge in [-0.15, -0.1) is 11.3 Å². The number of likely N-dealkylation sites (tertiary alicyclic amines) is 1. The third-order valence-corrected chi connectivity index (χ3v) is 5.08. The Labute approximate surface area is 115 Å². The van der Waals surface area contributed by atoms with Crippen molar-refractivity contribution in [3.8, 4) is 0 Å². The smallest absolute Gasteiger partial charge is 0.186 e. The zero-order valence-electron chi connectivity index (χ0n) is 10.1. The van der Waals surface area contributed by atoms with E-state index in [4.69, 9.17) is 0 Å². The van der Waals surface area contributed by atoms with Crippen LogP contribution in [0, 0.1) is 0 Å². The van der Waals surface area contributed by atoms with Crippen molar-refractivity contribution in [2.24, 2.45) is 0 Å². The molecule has 0 spiro atoms. The van der Waals surface area contributed by atoms with E-state index >= 15 is 0 Å². The number of piperidine rings is 1. The SMILES string of the molecule is CCC1CCCCN1CC(=O)c1ccc(Br)s1. The number of ketones is 1. The number of carbonyl (C=O) groups excluding carboxylic acids is 1. The number of hydrogen-bond acceptors (Lipinski definition) is 3. The van der Waals surface area contributed by atoms with Crippen LogP contribution < -0.4 is 0 Å². The van der Waals surface area contributed by atoms with E-state index in [1.807, 2.05) is 12.1 Å². The van der Waals surface area contributed by atoms with Gasteiger partial charge in [0.25, 0.3) is 0 Å². The van der Waals surface area contributed by atoms with Crippen LogP contribution in [0.5, 0.6) is 0 Å². The van der Waals surface area contributed by atoms with Crippen molar-refractivity contribution in [1.82, 2.24) is 4.90 Å². The van der Waals surface area contributed by atoms with Crippen LogP contribution in [0.3, 0.4) is 0 Å². The van der Waals surface area contributed by atoms with Crippen LogP contribution in [0.15, 0.2) is 15.9 Å². The number of carbonyl (C=O) groups is 1. The average molecular weight is 316 g/mol. The number of halogens is 1. The lowest BCUT2D eigenvalue weighted by Gasteiger charge is -2.34. The van der Waals surface area contributed by atoms with Gasteiger partial charge in [-0.3, -0.25) is 9.69 Å². The predicted octanol–water partition coefficient (Wildman–Crippen LogP) is 3.96. The molecule has 17 heavy (non-hydrogen) atoms. The van der Waals surface area contributed by atoms with Gasteiger partial charge >= 0.3 is 0 Å². The summed E-state index contributed by atoms with van der Waals surface area (Å²) >= 11 is 4.94. The predicted molar refractivity (Wildman–Crippen MR) is 75.9 cm³/mol. The van der Waals surface area contributed by atoms with Crippen LogP contribution in [-0.4, -0.2) is 29.8 Å². The molecule has 4 heteroatoms. The first kappa shape index (κ1) is 13.2. The van der Waals surface area contributed by atoms with Crippen molar-refractivity contribution in [3.05, 3.63) is 20.8 Å². The Kier molecular flexibility index (Phi) is 4.77. The highest BCUT2D eigenvalue weighted by molar-refractivity contribution is 9.11. The van der Waals surface area contributed by atoms with Crippen LogP contribution in [0.1, 0.15) is 42.3 Å². The number of hydrogen-bond donors (Lipinski definition) is 0. The van der Waals surface area contributed by atoms with Crippen molar-refractivity contribution < 1.29 is 4.79 Å². The molecule has 0 saturated carbocycles. The molecule has 2 rings (SSSR count). The van der Waals surface area contributed by atoms with E-state index in [2.05, 4.69) is 27.8 Å². The molecule has 1 aliphatic heterocycles. The molecule has 2 heterocycles. The maximum Gasteiger partial charge on any atom is 0.186 e. The molecule has 1 unspecified atom stereocenters. The first-order chi connectivity index (χ1) is 8.20. The van der Waals surface area contributed by atoms with Gasteiger partial charge < -0.3 is 0 Å². The summed E-state index contributed by atoms with van der Waals surface area (Å²) in [6.07, 6.45) is 4.95. The Bertz CT molecular complexity index is 391. The molecule has 2 nitrogen and oxygen atoms in total. The van der Waals surface area contributed by atoms with Gasteiger partial charge in [-0.2, -0.15) is 0 Å². The quantitative estimate of drug-likeness (QED) is 0.784. The van der Waals surface area contributed by atoms with E-state index in [1.165, 1.54) is 30.6 Å². The number of thiophene rings is 1. The molecule has 0 radical (unpaired) electrons. The van der Waals surface area contributed by atoms with Crippen LogP contribution in [0.2, 0.25) is 0 Å². The molecule has 1 aromatic rings. The van der Waals surface area contributed by atoms with Gasteiger partial charge in [0.1, 0.15) is 0 Å². The van der Waals surface area contributed by atoms with E-state index in [0.717, 1.165) is 21.6 Å². The van der Waals surface area contributed by atoms with Crippen molar-refractivity contribution in [3.63, 3.8) is 0 Å². The van der Waals surface area contributed by atoms with Crippen molar-refractivity contribution >= 4 is 33.0 Å². The molecule has 0 aromatic carbocycles. The summed E-state index contributed by atoms with van der Waals surface area (Å²) in [7, 11) is 0. The fraction of sp³-hybridized carbons (Fsp3) is 0.615. The Morgan fingerprint density at radius 2 is 2.35 bits per heavy atom. The Hall–Kier alpha value is -0.190. The summed E-state index contributed by atoms with van der Waals surface area (Å²) in [6, 6.07) is 4.48. The van der Waals surface area contributed by atoms with Gasteiger partial charge in [0.15, 0.2) is 5.78 Å². The van der Waals surface area contributed by atoms with Crippen LogP contribution in [0.25, 0.3) is 0 Å². The first-order valence-electron chi connectivity index (χ1n) is 6.23. The maximum absolute atomic E-state index is 12.1. The molecular weight excluding hydrogens is 298 g/mol. The summed E-state index contributed by atoms with van der Waals surface area (Å²) in [4.78, 5) is 15.4. The van der Waals surface area contributed by atoms with Gasteiger partial charge in [0.2, 0.25) is 0 Å². The average Bonchev–Trinajstić information content (AvgIpc) is 2.77. The number of rotatable bonds is 4. The van der Waals surface area contributed by atoms with Crippen molar-refractivity contribution in [1.29, 1.82) is 0 Å². The minimum Gasteiger partial charge on any atom is -0.293 e. The lowest BCUT2D eigenvalue weighted by molar-refractivity contribution is 0.0842. The van der Waals surface area contributed by atoms with Gasteiger partial charge in [0, 0.05) is 6.04 Å². The number of nitrogens with zero attached hydrogens (tertiary/aromatic N) is 1. The summed E-state index contributed by atoms with van der Waals surface area (Å²) in [6.45, 7) is 3.89. The third kappa shape index (κ3) is 3.39. The highest BCUT2D eigenvalue weighted by Crippen LogP contribution is 2.24. The van der Waals surface area contributed by atoms with Crippen LogP contribution in [0.4, 0.5) is 0 Å². The lowest BCUT2D eigenvalue weighted by Crippen LogP contribution is -2.42. The monoisotopic (exact) mass is 315 g/mol. The molecule has 0 aliphatic carbocycles. The lowest BCUT2D eigenvalue weighted by atomic mass is 10.00. The van der Waals surface area contributed by atoms with Gasteiger partial charge in [-0.1, -0.05) is 13.3 Å². The minimum atomic E-state index is 0.265.